The summed E-state index contributed by atoms with van der Waals surface area (Å²) in [6.45, 7) is 1.88. The van der Waals surface area contributed by atoms with Gasteiger partial charge in [-0.1, -0.05) is 18.5 Å². The van der Waals surface area contributed by atoms with Gasteiger partial charge in [0.05, 0.1) is 7.11 Å². The summed E-state index contributed by atoms with van der Waals surface area (Å²) in [5, 5.41) is 2.62. The van der Waals surface area contributed by atoms with Crippen LogP contribution in [0.5, 0.6) is 0 Å². The highest BCUT2D eigenvalue weighted by atomic mass is 16.5. The third kappa shape index (κ3) is 2.57. The molecule has 1 atom stereocenters. The molecule has 0 unspecified atom stereocenters. The second kappa shape index (κ2) is 4.90. The van der Waals surface area contributed by atoms with Crippen LogP contribution in [0, 0.1) is 4.91 Å². The molecule has 4 nitrogen and oxygen atoms in total. The van der Waals surface area contributed by atoms with Crippen LogP contribution in [0.1, 0.15) is 19.8 Å². The van der Waals surface area contributed by atoms with Gasteiger partial charge in [0.25, 0.3) is 0 Å². The Morgan fingerprint density at radius 2 is 2.30 bits per heavy atom. The summed E-state index contributed by atoms with van der Waals surface area (Å²) in [5.41, 5.74) is 0. The van der Waals surface area contributed by atoms with E-state index < -0.39 is 12.0 Å². The van der Waals surface area contributed by atoms with Crippen molar-refractivity contribution in [2.24, 2.45) is 5.18 Å². The van der Waals surface area contributed by atoms with Gasteiger partial charge < -0.3 is 4.74 Å². The topological polar surface area (TPSA) is 55.7 Å². The quantitative estimate of drug-likeness (QED) is 0.439. The van der Waals surface area contributed by atoms with Crippen LogP contribution in [0.15, 0.2) is 5.18 Å². The highest BCUT2D eigenvalue weighted by molar-refractivity contribution is 5.75. The van der Waals surface area contributed by atoms with Gasteiger partial charge in [-0.05, 0) is 6.42 Å². The number of esters is 1. The van der Waals surface area contributed by atoms with Crippen LogP contribution < -0.4 is 0 Å². The van der Waals surface area contributed by atoms with Crippen molar-refractivity contribution in [2.75, 3.05) is 7.11 Å². The molecule has 4 heteroatoms. The number of nitroso groups, excluding NO2 is 1. The van der Waals surface area contributed by atoms with Gasteiger partial charge in [0.15, 0.2) is 6.04 Å². The van der Waals surface area contributed by atoms with E-state index in [4.69, 9.17) is 0 Å². The number of methoxy groups -OCH3 is 1. The van der Waals surface area contributed by atoms with E-state index in [-0.39, 0.29) is 0 Å². The number of nitrogens with zero attached hydrogens (tertiary/aromatic N) is 1. The zero-order valence-corrected chi connectivity index (χ0v) is 6.16. The molecular formula is C6H11NO3. The minimum Gasteiger partial charge on any atom is -0.467 e. The fourth-order valence-electron chi connectivity index (χ4n) is 0.623. The zero-order chi connectivity index (χ0) is 7.98. The lowest BCUT2D eigenvalue weighted by Gasteiger charge is -2.02. The summed E-state index contributed by atoms with van der Waals surface area (Å²) in [7, 11) is 1.25. The molecule has 0 saturated heterocycles. The lowest BCUT2D eigenvalue weighted by molar-refractivity contribution is -0.142. The molecule has 0 amide bonds. The van der Waals surface area contributed by atoms with Crippen LogP contribution in [-0.4, -0.2) is 19.1 Å². The molecular weight excluding hydrogens is 134 g/mol. The maximum atomic E-state index is 10.6. The van der Waals surface area contributed by atoms with E-state index in [2.05, 4.69) is 9.91 Å². The molecule has 58 valence electrons. The Morgan fingerprint density at radius 3 is 2.60 bits per heavy atom. The van der Waals surface area contributed by atoms with Crippen molar-refractivity contribution in [1.82, 2.24) is 0 Å². The number of rotatable bonds is 4. The van der Waals surface area contributed by atoms with Crippen molar-refractivity contribution in [3.8, 4) is 0 Å². The van der Waals surface area contributed by atoms with E-state index in [0.29, 0.717) is 6.42 Å². The van der Waals surface area contributed by atoms with Crippen LogP contribution in [0.25, 0.3) is 0 Å². The molecule has 0 fully saturated rings. The number of carbonyl (C=O) groups is 1. The molecule has 0 aliphatic rings. The number of hydrogen-bond donors (Lipinski definition) is 0. The number of carbonyl (C=O) groups excluding carboxylic acids is 1. The van der Waals surface area contributed by atoms with Gasteiger partial charge in [-0.3, -0.25) is 0 Å². The molecule has 0 saturated carbocycles. The molecule has 0 aromatic rings. The Bertz CT molecular complexity index is 124. The van der Waals surface area contributed by atoms with Crippen LogP contribution in [-0.2, 0) is 9.53 Å². The molecule has 0 radical (unpaired) electrons. The fourth-order valence-corrected chi connectivity index (χ4v) is 0.623. The summed E-state index contributed by atoms with van der Waals surface area (Å²) in [6.07, 6.45) is 1.22. The zero-order valence-electron chi connectivity index (χ0n) is 6.16. The van der Waals surface area contributed by atoms with Crippen LogP contribution >= 0.6 is 0 Å². The second-order valence-corrected chi connectivity index (χ2v) is 1.93. The largest absolute Gasteiger partial charge is 0.467 e. The van der Waals surface area contributed by atoms with Gasteiger partial charge in [-0.2, -0.15) is 0 Å². The molecule has 0 bridgehead atoms. The Kier molecular flexibility index (Phi) is 4.45. The van der Waals surface area contributed by atoms with Crippen LogP contribution in [0.2, 0.25) is 0 Å². The average Bonchev–Trinajstić information content (AvgIpc) is 1.99. The van der Waals surface area contributed by atoms with E-state index in [1.165, 1.54) is 7.11 Å². The maximum Gasteiger partial charge on any atom is 0.334 e. The molecule has 0 aliphatic carbocycles. The first kappa shape index (κ1) is 9.07. The summed E-state index contributed by atoms with van der Waals surface area (Å²) in [4.78, 5) is 20.6. The van der Waals surface area contributed by atoms with Crippen LogP contribution in [0.3, 0.4) is 0 Å². The Hall–Kier alpha value is -0.930. The first-order valence-corrected chi connectivity index (χ1v) is 3.16. The smallest absolute Gasteiger partial charge is 0.334 e. The van der Waals surface area contributed by atoms with Crippen molar-refractivity contribution in [2.45, 2.75) is 25.8 Å². The summed E-state index contributed by atoms with van der Waals surface area (Å²) < 4.78 is 4.32. The summed E-state index contributed by atoms with van der Waals surface area (Å²) in [6, 6.07) is -0.810. The minimum atomic E-state index is -0.810. The van der Waals surface area contributed by atoms with E-state index in [1.807, 2.05) is 6.92 Å². The maximum absolute atomic E-state index is 10.6. The monoisotopic (exact) mass is 145 g/mol. The van der Waals surface area contributed by atoms with E-state index >= 15 is 0 Å². The average molecular weight is 145 g/mol. The van der Waals surface area contributed by atoms with Crippen molar-refractivity contribution < 1.29 is 9.53 Å². The van der Waals surface area contributed by atoms with Gasteiger partial charge >= 0.3 is 5.97 Å². The minimum absolute atomic E-state index is 0.468. The Morgan fingerprint density at radius 1 is 1.70 bits per heavy atom. The lowest BCUT2D eigenvalue weighted by atomic mass is 10.2. The fraction of sp³-hybridized carbons (Fsp3) is 0.833. The number of ether oxygens (including phenoxy) is 1. The standard InChI is InChI=1S/C6H11NO3/c1-3-4-5(7-9)6(8)10-2/h5H,3-4H2,1-2H3/t5-/m0/s1. The molecule has 0 heterocycles. The van der Waals surface area contributed by atoms with Gasteiger partial charge in [0.2, 0.25) is 0 Å². The Balaban J connectivity index is 3.80. The highest BCUT2D eigenvalue weighted by Crippen LogP contribution is 2.02. The molecule has 0 N–H and O–H groups in total. The number of hydrogen-bond acceptors (Lipinski definition) is 4. The third-order valence-corrected chi connectivity index (χ3v) is 1.16. The summed E-state index contributed by atoms with van der Waals surface area (Å²) in [5.74, 6) is -0.545. The molecule has 0 aliphatic heterocycles. The molecule has 0 spiro atoms. The molecule has 10 heavy (non-hydrogen) atoms. The van der Waals surface area contributed by atoms with E-state index in [1.54, 1.807) is 0 Å². The van der Waals surface area contributed by atoms with Crippen molar-refractivity contribution in [3.63, 3.8) is 0 Å². The molecule has 0 rings (SSSR count). The van der Waals surface area contributed by atoms with Crippen molar-refractivity contribution in [3.05, 3.63) is 4.91 Å². The predicted octanol–water partition coefficient (Wildman–Crippen LogP) is 1.09. The summed E-state index contributed by atoms with van der Waals surface area (Å²) >= 11 is 0. The van der Waals surface area contributed by atoms with Gasteiger partial charge in [-0.25, -0.2) is 4.79 Å². The normalized spacial score (nSPS) is 12.2. The van der Waals surface area contributed by atoms with E-state index in [9.17, 15) is 9.70 Å². The van der Waals surface area contributed by atoms with Crippen molar-refractivity contribution >= 4 is 5.97 Å². The van der Waals surface area contributed by atoms with E-state index in [0.717, 1.165) is 6.42 Å². The Labute approximate surface area is 59.5 Å². The van der Waals surface area contributed by atoms with Gasteiger partial charge in [0.1, 0.15) is 0 Å². The lowest BCUT2D eigenvalue weighted by Crippen LogP contribution is -2.18. The predicted molar refractivity (Wildman–Crippen MR) is 36.5 cm³/mol. The highest BCUT2D eigenvalue weighted by Gasteiger charge is 2.17. The van der Waals surface area contributed by atoms with Gasteiger partial charge in [0, 0.05) is 0 Å². The molecule has 0 aromatic heterocycles. The van der Waals surface area contributed by atoms with Crippen LogP contribution in [0.4, 0.5) is 0 Å². The third-order valence-electron chi connectivity index (χ3n) is 1.16. The first-order chi connectivity index (χ1) is 4.76. The van der Waals surface area contributed by atoms with Crippen molar-refractivity contribution in [1.29, 1.82) is 0 Å². The second-order valence-electron chi connectivity index (χ2n) is 1.93. The SMILES string of the molecule is CCC[C@H](N=O)C(=O)OC. The van der Waals surface area contributed by atoms with Gasteiger partial charge in [-0.15, -0.1) is 4.91 Å². The first-order valence-electron chi connectivity index (χ1n) is 3.16. The molecule has 0 aromatic carbocycles.